The third kappa shape index (κ3) is 5.72. The highest BCUT2D eigenvalue weighted by atomic mass is 19.2. The number of likely N-dealkylation sites (tertiary alicyclic amines) is 2. The predicted molar refractivity (Wildman–Crippen MR) is 164 cm³/mol. The van der Waals surface area contributed by atoms with Gasteiger partial charge in [0.25, 0.3) is 5.56 Å². The molecule has 8 nitrogen and oxygen atoms in total. The molecule has 1 saturated carbocycles. The Morgan fingerprint density at radius 3 is 2.64 bits per heavy atom. The van der Waals surface area contributed by atoms with E-state index in [1.807, 2.05) is 36.2 Å². The number of hydrogen-bond donors (Lipinski definition) is 1. The van der Waals surface area contributed by atoms with Gasteiger partial charge in [0.15, 0.2) is 11.6 Å². The summed E-state index contributed by atoms with van der Waals surface area (Å²) in [6.45, 7) is 2.17. The average Bonchev–Trinajstić information content (AvgIpc) is 3.52. The molecule has 3 aliphatic rings. The minimum atomic E-state index is -0.895. The van der Waals surface area contributed by atoms with Crippen molar-refractivity contribution in [2.75, 3.05) is 33.8 Å². The van der Waals surface area contributed by atoms with Crippen LogP contribution in [0.1, 0.15) is 56.6 Å². The van der Waals surface area contributed by atoms with E-state index in [0.29, 0.717) is 44.0 Å². The molecular weight excluding hydrogens is 564 g/mol. The molecule has 2 saturated heterocycles. The van der Waals surface area contributed by atoms with Crippen molar-refractivity contribution in [1.82, 2.24) is 24.7 Å². The molecular formula is C34H41F2N5O3. The number of amides is 2. The number of rotatable bonds is 6. The Balaban J connectivity index is 1.21. The number of hydrogen-bond acceptors (Lipinski definition) is 5. The van der Waals surface area contributed by atoms with E-state index in [1.54, 1.807) is 35.0 Å². The van der Waals surface area contributed by atoms with Crippen molar-refractivity contribution in [2.45, 2.75) is 63.6 Å². The highest BCUT2D eigenvalue weighted by molar-refractivity contribution is 5.75. The van der Waals surface area contributed by atoms with E-state index in [9.17, 15) is 14.0 Å². The summed E-state index contributed by atoms with van der Waals surface area (Å²) in [5.74, 6) is -0.893. The van der Waals surface area contributed by atoms with Gasteiger partial charge in [0, 0.05) is 49.4 Å². The maximum absolute atomic E-state index is 15.0. The second-order valence-corrected chi connectivity index (χ2v) is 12.6. The van der Waals surface area contributed by atoms with Gasteiger partial charge in [-0.15, -0.1) is 0 Å². The fourth-order valence-electron chi connectivity index (χ4n) is 7.81. The number of nitrogens with one attached hydrogen (secondary N) is 1. The number of halogens is 2. The SMILES string of the molecule is CN[C@@H]1CCN(C(=O)N2CC[C@@H](Cn3cnc(-c4ccccc4OC)cc3=O)C3(CCCC3)C2)[C@H](c2cccc(F)c2F)C1. The minimum Gasteiger partial charge on any atom is -0.496 e. The number of para-hydroxylation sites is 1. The predicted octanol–water partition coefficient (Wildman–Crippen LogP) is 5.62. The van der Waals surface area contributed by atoms with Crippen LogP contribution in [0, 0.1) is 23.0 Å². The maximum Gasteiger partial charge on any atom is 0.320 e. The van der Waals surface area contributed by atoms with E-state index in [2.05, 4.69) is 10.3 Å². The van der Waals surface area contributed by atoms with Crippen LogP contribution in [0.2, 0.25) is 0 Å². The van der Waals surface area contributed by atoms with Crippen molar-refractivity contribution in [2.24, 2.45) is 11.3 Å². The fourth-order valence-corrected chi connectivity index (χ4v) is 7.81. The smallest absolute Gasteiger partial charge is 0.320 e. The van der Waals surface area contributed by atoms with Crippen molar-refractivity contribution in [3.63, 3.8) is 0 Å². The summed E-state index contributed by atoms with van der Waals surface area (Å²) >= 11 is 0. The molecule has 0 unspecified atom stereocenters. The summed E-state index contributed by atoms with van der Waals surface area (Å²) in [7, 11) is 3.46. The number of urea groups is 1. The quantitative estimate of drug-likeness (QED) is 0.395. The topological polar surface area (TPSA) is 79.7 Å². The van der Waals surface area contributed by atoms with Gasteiger partial charge >= 0.3 is 6.03 Å². The maximum atomic E-state index is 15.0. The molecule has 1 aromatic heterocycles. The van der Waals surface area contributed by atoms with Crippen LogP contribution in [0.25, 0.3) is 11.3 Å². The zero-order valence-corrected chi connectivity index (χ0v) is 25.5. The minimum absolute atomic E-state index is 0.0996. The molecule has 2 amide bonds. The van der Waals surface area contributed by atoms with Crippen molar-refractivity contribution >= 4 is 6.03 Å². The van der Waals surface area contributed by atoms with Crippen LogP contribution < -0.4 is 15.6 Å². The van der Waals surface area contributed by atoms with Crippen molar-refractivity contribution in [3.8, 4) is 17.0 Å². The van der Waals surface area contributed by atoms with E-state index in [-0.39, 0.29) is 34.5 Å². The second kappa shape index (κ2) is 12.7. The third-order valence-corrected chi connectivity index (χ3v) is 10.3. The van der Waals surface area contributed by atoms with Gasteiger partial charge in [0.2, 0.25) is 0 Å². The highest BCUT2D eigenvalue weighted by Gasteiger charge is 2.48. The van der Waals surface area contributed by atoms with Gasteiger partial charge in [-0.3, -0.25) is 9.36 Å². The number of methoxy groups -OCH3 is 1. The Morgan fingerprint density at radius 2 is 1.89 bits per heavy atom. The van der Waals surface area contributed by atoms with Crippen LogP contribution in [0.15, 0.2) is 59.7 Å². The van der Waals surface area contributed by atoms with Crippen LogP contribution in [-0.4, -0.2) is 65.2 Å². The molecule has 3 atom stereocenters. The molecule has 1 aliphatic carbocycles. The standard InChI is InChI=1S/C34H41F2N5O3/c1-37-24-13-17-41(29(18-24)26-9-7-10-27(35)32(26)36)33(43)39-16-12-23(34(21-39)14-5-6-15-34)20-40-22-38-28(19-31(40)42)25-8-3-4-11-30(25)44-2/h3-4,7-11,19,22-24,29,37H,5-6,12-18,20-21H2,1-2H3/t23-,24+,29-/m0/s1. The molecule has 1 N–H and O–H groups in total. The summed E-state index contributed by atoms with van der Waals surface area (Å²) in [6.07, 6.45) is 7.82. The van der Waals surface area contributed by atoms with Gasteiger partial charge in [0.1, 0.15) is 5.75 Å². The van der Waals surface area contributed by atoms with Gasteiger partial charge in [0.05, 0.1) is 25.2 Å². The van der Waals surface area contributed by atoms with Crippen LogP contribution in [0.3, 0.4) is 0 Å². The number of piperidine rings is 2. The molecule has 1 spiro atoms. The van der Waals surface area contributed by atoms with E-state index in [4.69, 9.17) is 4.74 Å². The van der Waals surface area contributed by atoms with E-state index >= 15 is 4.39 Å². The van der Waals surface area contributed by atoms with Gasteiger partial charge in [-0.1, -0.05) is 37.1 Å². The first kappa shape index (κ1) is 30.2. The molecule has 10 heteroatoms. The Morgan fingerprint density at radius 1 is 1.09 bits per heavy atom. The average molecular weight is 606 g/mol. The first-order valence-electron chi connectivity index (χ1n) is 15.7. The molecule has 2 aromatic carbocycles. The normalized spacial score (nSPS) is 23.2. The number of aromatic nitrogens is 2. The monoisotopic (exact) mass is 605 g/mol. The lowest BCUT2D eigenvalue weighted by Gasteiger charge is -2.49. The molecule has 3 heterocycles. The first-order chi connectivity index (χ1) is 21.3. The zero-order chi connectivity index (χ0) is 30.8. The number of nitrogens with zero attached hydrogens (tertiary/aromatic N) is 4. The van der Waals surface area contributed by atoms with Gasteiger partial charge in [-0.05, 0) is 68.7 Å². The Kier molecular flexibility index (Phi) is 8.71. The molecule has 6 rings (SSSR count). The van der Waals surface area contributed by atoms with Crippen LogP contribution in [-0.2, 0) is 6.54 Å². The number of carbonyl (C=O) groups excluding carboxylic acids is 1. The van der Waals surface area contributed by atoms with Crippen molar-refractivity contribution in [3.05, 3.63) is 82.4 Å². The number of benzene rings is 2. The summed E-state index contributed by atoms with van der Waals surface area (Å²) in [5, 5.41) is 3.26. The third-order valence-electron chi connectivity index (χ3n) is 10.3. The lowest BCUT2D eigenvalue weighted by atomic mass is 9.69. The number of ether oxygens (including phenoxy) is 1. The van der Waals surface area contributed by atoms with Crippen LogP contribution >= 0.6 is 0 Å². The summed E-state index contributed by atoms with van der Waals surface area (Å²) < 4.78 is 36.4. The van der Waals surface area contributed by atoms with E-state index in [1.165, 1.54) is 6.07 Å². The Labute approximate surface area is 257 Å². The molecule has 3 fully saturated rings. The lowest BCUT2D eigenvalue weighted by Crippen LogP contribution is -2.57. The van der Waals surface area contributed by atoms with Gasteiger partial charge in [-0.2, -0.15) is 0 Å². The Hall–Kier alpha value is -3.79. The summed E-state index contributed by atoms with van der Waals surface area (Å²) in [5.41, 5.74) is 1.36. The second-order valence-electron chi connectivity index (χ2n) is 12.6. The molecule has 234 valence electrons. The van der Waals surface area contributed by atoms with Crippen molar-refractivity contribution in [1.29, 1.82) is 0 Å². The summed E-state index contributed by atoms with van der Waals surface area (Å²) in [4.78, 5) is 35.7. The highest BCUT2D eigenvalue weighted by Crippen LogP contribution is 2.49. The fraction of sp³-hybridized carbons (Fsp3) is 0.500. The Bertz CT molecular complexity index is 1560. The lowest BCUT2D eigenvalue weighted by molar-refractivity contribution is 0.0205. The van der Waals surface area contributed by atoms with Gasteiger partial charge in [-0.25, -0.2) is 18.6 Å². The van der Waals surface area contributed by atoms with E-state index < -0.39 is 17.7 Å². The largest absolute Gasteiger partial charge is 0.496 e. The van der Waals surface area contributed by atoms with Gasteiger partial charge < -0.3 is 19.9 Å². The number of carbonyl (C=O) groups is 1. The molecule has 2 aliphatic heterocycles. The van der Waals surface area contributed by atoms with Crippen molar-refractivity contribution < 1.29 is 18.3 Å². The molecule has 0 bridgehead atoms. The molecule has 3 aromatic rings. The van der Waals surface area contributed by atoms with Crippen LogP contribution in [0.5, 0.6) is 5.75 Å². The van der Waals surface area contributed by atoms with E-state index in [0.717, 1.165) is 50.2 Å². The van der Waals surface area contributed by atoms with Crippen LogP contribution in [0.4, 0.5) is 13.6 Å². The zero-order valence-electron chi connectivity index (χ0n) is 25.5. The summed E-state index contributed by atoms with van der Waals surface area (Å²) in [6, 6.07) is 12.8. The molecule has 0 radical (unpaired) electrons. The first-order valence-corrected chi connectivity index (χ1v) is 15.7. The molecule has 44 heavy (non-hydrogen) atoms.